The number of ether oxygens (including phenoxy) is 1. The normalized spacial score (nSPS) is 17.3. The fourth-order valence-electron chi connectivity index (χ4n) is 6.88. The number of nitrogens with zero attached hydrogens (tertiary/aromatic N) is 3. The zero-order valence-corrected chi connectivity index (χ0v) is 29.7. The molecule has 0 amide bonds. The second kappa shape index (κ2) is 14.1. The van der Waals surface area contributed by atoms with Gasteiger partial charge in [0.25, 0.3) is 0 Å². The van der Waals surface area contributed by atoms with E-state index >= 15 is 0 Å². The van der Waals surface area contributed by atoms with Crippen molar-refractivity contribution in [3.8, 4) is 17.4 Å². The number of benzene rings is 3. The summed E-state index contributed by atoms with van der Waals surface area (Å²) >= 11 is 0. The van der Waals surface area contributed by atoms with Gasteiger partial charge in [0.15, 0.2) is 0 Å². The van der Waals surface area contributed by atoms with Crippen LogP contribution in [0.5, 0.6) is 17.4 Å². The second-order valence-electron chi connectivity index (χ2n) is 13.6. The predicted molar refractivity (Wildman–Crippen MR) is 182 cm³/mol. The first-order chi connectivity index (χ1) is 21.2. The van der Waals surface area contributed by atoms with E-state index in [2.05, 4.69) is 75.7 Å². The third-order valence-electron chi connectivity index (χ3n) is 9.38. The van der Waals surface area contributed by atoms with Crippen molar-refractivity contribution in [2.75, 3.05) is 11.4 Å². The third-order valence-corrected chi connectivity index (χ3v) is 9.38. The molecule has 0 spiro atoms. The quantitative estimate of drug-likeness (QED) is 0.181. The summed E-state index contributed by atoms with van der Waals surface area (Å²) in [5.41, 5.74) is 6.97. The SMILES string of the molecule is CC(C)c1cc(C(C)C)c(N2C[C@H](C3CCCCC3)N=C2c2[c-]c(Oc3ccc4cccc(O)c4n3)ccc2)c(C(C)C)c1.[Pt]. The van der Waals surface area contributed by atoms with Crippen LogP contribution < -0.4 is 9.64 Å². The van der Waals surface area contributed by atoms with E-state index in [-0.39, 0.29) is 32.9 Å². The van der Waals surface area contributed by atoms with Crippen LogP contribution in [0, 0.1) is 12.0 Å². The van der Waals surface area contributed by atoms with Crippen LogP contribution in [-0.4, -0.2) is 28.5 Å². The monoisotopic (exact) mass is 783 g/mol. The summed E-state index contributed by atoms with van der Waals surface area (Å²) in [5, 5.41) is 11.2. The van der Waals surface area contributed by atoms with Crippen LogP contribution >= 0.6 is 0 Å². The number of para-hydroxylation sites is 1. The molecule has 0 radical (unpaired) electrons. The first kappa shape index (κ1) is 33.2. The number of amidine groups is 1. The van der Waals surface area contributed by atoms with E-state index < -0.39 is 0 Å². The number of aliphatic imine (C=N–C) groups is 1. The number of aromatic hydroxyl groups is 1. The molecule has 0 saturated heterocycles. The molecule has 6 rings (SSSR count). The molecule has 0 bridgehead atoms. The summed E-state index contributed by atoms with van der Waals surface area (Å²) in [6.07, 6.45) is 6.44. The van der Waals surface area contributed by atoms with Crippen molar-refractivity contribution < 1.29 is 30.9 Å². The average molecular weight is 784 g/mol. The molecule has 45 heavy (non-hydrogen) atoms. The number of pyridine rings is 1. The summed E-state index contributed by atoms with van der Waals surface area (Å²) in [4.78, 5) is 12.6. The van der Waals surface area contributed by atoms with Crippen LogP contribution in [-0.2, 0) is 21.1 Å². The Morgan fingerprint density at radius 3 is 2.20 bits per heavy atom. The zero-order valence-electron chi connectivity index (χ0n) is 27.4. The van der Waals surface area contributed by atoms with Crippen LogP contribution in [0.3, 0.4) is 0 Å². The van der Waals surface area contributed by atoms with Crippen molar-refractivity contribution in [1.82, 2.24) is 4.98 Å². The van der Waals surface area contributed by atoms with Gasteiger partial charge in [0.1, 0.15) is 11.3 Å². The topological polar surface area (TPSA) is 58.0 Å². The molecule has 1 aliphatic heterocycles. The molecule has 4 aromatic rings. The van der Waals surface area contributed by atoms with E-state index in [4.69, 9.17) is 9.73 Å². The molecule has 6 heteroatoms. The number of anilines is 1. The Morgan fingerprint density at radius 2 is 1.53 bits per heavy atom. The molecule has 1 saturated carbocycles. The number of phenolic OH excluding ortho intramolecular Hbond substituents is 1. The van der Waals surface area contributed by atoms with Crippen molar-refractivity contribution in [2.45, 2.75) is 97.4 Å². The van der Waals surface area contributed by atoms with Crippen molar-refractivity contribution in [3.05, 3.63) is 89.0 Å². The minimum atomic E-state index is 0. The largest absolute Gasteiger partial charge is 0.506 e. The van der Waals surface area contributed by atoms with Gasteiger partial charge < -0.3 is 19.7 Å². The number of phenols is 1. The summed E-state index contributed by atoms with van der Waals surface area (Å²) < 4.78 is 6.24. The van der Waals surface area contributed by atoms with Crippen molar-refractivity contribution in [2.24, 2.45) is 10.9 Å². The number of hydrogen-bond donors (Lipinski definition) is 1. The third kappa shape index (κ3) is 6.99. The molecule has 1 aliphatic carbocycles. The van der Waals surface area contributed by atoms with Gasteiger partial charge in [0.05, 0.1) is 11.9 Å². The fourth-order valence-corrected chi connectivity index (χ4v) is 6.88. The van der Waals surface area contributed by atoms with Gasteiger partial charge in [-0.05, 0) is 65.3 Å². The van der Waals surface area contributed by atoms with Crippen molar-refractivity contribution in [1.29, 1.82) is 0 Å². The summed E-state index contributed by atoms with van der Waals surface area (Å²) in [6, 6.07) is 23.9. The molecule has 1 atom stereocenters. The fraction of sp³-hybridized carbons (Fsp3) is 0.436. The zero-order chi connectivity index (χ0) is 31.0. The minimum absolute atomic E-state index is 0. The molecule has 1 N–H and O–H groups in total. The van der Waals surface area contributed by atoms with Gasteiger partial charge in [0, 0.05) is 50.5 Å². The molecule has 0 unspecified atom stereocenters. The van der Waals surface area contributed by atoms with Crippen LogP contribution in [0.1, 0.15) is 114 Å². The number of hydrogen-bond acceptors (Lipinski definition) is 5. The minimum Gasteiger partial charge on any atom is -0.506 e. The Bertz CT molecular complexity index is 1640. The van der Waals surface area contributed by atoms with Crippen LogP contribution in [0.4, 0.5) is 5.69 Å². The summed E-state index contributed by atoms with van der Waals surface area (Å²) in [5.74, 6) is 3.96. The standard InChI is InChI=1S/C39H46N3O2.Pt/c1-24(2)30-21-32(25(3)4)38(33(22-30)26(5)6)42-23-34(27-12-8-7-9-13-27)40-39(42)29-15-10-16-31(20-29)44-36-19-18-28-14-11-17-35(43)37(28)41-36;/h10-11,14-19,21-22,24-27,34,43H,7-9,12-13,23H2,1-6H3;/q-1;/t34-;/m1./s1. The Kier molecular flexibility index (Phi) is 10.4. The maximum absolute atomic E-state index is 10.3. The van der Waals surface area contributed by atoms with Gasteiger partial charge in [0.2, 0.25) is 5.88 Å². The molecule has 5 nitrogen and oxygen atoms in total. The van der Waals surface area contributed by atoms with Gasteiger partial charge in [-0.3, -0.25) is 0 Å². The molecule has 3 aromatic carbocycles. The number of rotatable bonds is 8. The number of fused-ring (bicyclic) bond motifs is 1. The van der Waals surface area contributed by atoms with Crippen LogP contribution in [0.15, 0.2) is 65.7 Å². The van der Waals surface area contributed by atoms with Gasteiger partial charge in [-0.1, -0.05) is 91.1 Å². The van der Waals surface area contributed by atoms with E-state index in [1.807, 2.05) is 36.4 Å². The Morgan fingerprint density at radius 1 is 0.844 bits per heavy atom. The van der Waals surface area contributed by atoms with Crippen molar-refractivity contribution in [3.63, 3.8) is 0 Å². The van der Waals surface area contributed by atoms with Crippen molar-refractivity contribution >= 4 is 22.4 Å². The van der Waals surface area contributed by atoms with Gasteiger partial charge in [-0.15, -0.1) is 23.8 Å². The molecule has 1 aromatic heterocycles. The molecular formula is C39H46N3O2Pt-. The first-order valence-electron chi connectivity index (χ1n) is 16.5. The second-order valence-corrected chi connectivity index (χ2v) is 13.6. The predicted octanol–water partition coefficient (Wildman–Crippen LogP) is 10.1. The van der Waals surface area contributed by atoms with E-state index in [0.29, 0.717) is 40.8 Å². The number of aromatic nitrogens is 1. The smallest absolute Gasteiger partial charge is 0.217 e. The van der Waals surface area contributed by atoms with E-state index in [0.717, 1.165) is 23.3 Å². The Balaban J connectivity index is 0.00000400. The summed E-state index contributed by atoms with van der Waals surface area (Å²) in [7, 11) is 0. The molecule has 2 heterocycles. The summed E-state index contributed by atoms with van der Waals surface area (Å²) in [6.45, 7) is 14.7. The Labute approximate surface area is 283 Å². The van der Waals surface area contributed by atoms with E-state index in [1.165, 1.54) is 54.5 Å². The molecule has 2 aliphatic rings. The molecular weight excluding hydrogens is 738 g/mol. The first-order valence-corrected chi connectivity index (χ1v) is 16.5. The van der Waals surface area contributed by atoms with Gasteiger partial charge >= 0.3 is 0 Å². The molecule has 1 fully saturated rings. The van der Waals surface area contributed by atoms with Gasteiger partial charge in [-0.2, -0.15) is 0 Å². The van der Waals surface area contributed by atoms with Crippen LogP contribution in [0.25, 0.3) is 10.9 Å². The molecule has 240 valence electrons. The Hall–Kier alpha value is -3.17. The maximum atomic E-state index is 10.3. The average Bonchev–Trinajstić information content (AvgIpc) is 3.46. The van der Waals surface area contributed by atoms with E-state index in [9.17, 15) is 5.11 Å². The van der Waals surface area contributed by atoms with Gasteiger partial charge in [-0.25, -0.2) is 4.98 Å². The van der Waals surface area contributed by atoms with E-state index in [1.54, 1.807) is 6.07 Å². The van der Waals surface area contributed by atoms with Crippen LogP contribution in [0.2, 0.25) is 0 Å². The maximum Gasteiger partial charge on any atom is 0.217 e.